The zero-order valence-electron chi connectivity index (χ0n) is 8.45. The van der Waals surface area contributed by atoms with Crippen LogP contribution in [-0.2, 0) is 9.59 Å². The molecule has 0 aromatic heterocycles. The minimum absolute atomic E-state index is 0.0773. The summed E-state index contributed by atoms with van der Waals surface area (Å²) in [6.45, 7) is 3.25. The van der Waals surface area contributed by atoms with Crippen molar-refractivity contribution in [3.8, 4) is 0 Å². The first-order valence-corrected chi connectivity index (χ1v) is 5.29. The predicted molar refractivity (Wildman–Crippen MR) is 51.5 cm³/mol. The van der Waals surface area contributed by atoms with Crippen LogP contribution < -0.4 is 5.32 Å². The summed E-state index contributed by atoms with van der Waals surface area (Å²) in [6, 6.07) is 0.199. The lowest BCUT2D eigenvalue weighted by Crippen LogP contribution is -2.61. The molecule has 0 radical (unpaired) electrons. The Balaban J connectivity index is 1.68. The first-order chi connectivity index (χ1) is 6.70. The monoisotopic (exact) mass is 196 g/mol. The van der Waals surface area contributed by atoms with Crippen LogP contribution >= 0.6 is 0 Å². The van der Waals surface area contributed by atoms with Gasteiger partial charge in [-0.2, -0.15) is 0 Å². The molecule has 2 rings (SSSR count). The Morgan fingerprint density at radius 3 is 2.50 bits per heavy atom. The fraction of sp³-hybridized carbons (Fsp3) is 0.800. The van der Waals surface area contributed by atoms with Gasteiger partial charge >= 0.3 is 0 Å². The topological polar surface area (TPSA) is 49.4 Å². The van der Waals surface area contributed by atoms with E-state index >= 15 is 0 Å². The minimum atomic E-state index is 0.0773. The van der Waals surface area contributed by atoms with Crippen molar-refractivity contribution in [3.05, 3.63) is 0 Å². The van der Waals surface area contributed by atoms with Gasteiger partial charge in [0, 0.05) is 25.4 Å². The van der Waals surface area contributed by atoms with Gasteiger partial charge in [-0.25, -0.2) is 0 Å². The van der Waals surface area contributed by atoms with Crippen molar-refractivity contribution in [1.82, 2.24) is 10.2 Å². The molecule has 0 spiro atoms. The van der Waals surface area contributed by atoms with Gasteiger partial charge in [0.05, 0.1) is 6.04 Å². The van der Waals surface area contributed by atoms with Gasteiger partial charge in [-0.05, 0) is 12.8 Å². The number of hydrogen-bond donors (Lipinski definition) is 1. The van der Waals surface area contributed by atoms with E-state index in [1.807, 2.05) is 11.8 Å². The van der Waals surface area contributed by atoms with Crippen molar-refractivity contribution in [2.45, 2.75) is 32.2 Å². The van der Waals surface area contributed by atoms with Crippen molar-refractivity contribution in [1.29, 1.82) is 0 Å². The van der Waals surface area contributed by atoms with Crippen molar-refractivity contribution in [2.75, 3.05) is 13.1 Å². The molecule has 2 aliphatic rings. The van der Waals surface area contributed by atoms with Crippen molar-refractivity contribution >= 4 is 11.8 Å². The molecule has 1 aliphatic carbocycles. The van der Waals surface area contributed by atoms with Gasteiger partial charge in [-0.1, -0.05) is 6.92 Å². The third-order valence-electron chi connectivity index (χ3n) is 2.81. The summed E-state index contributed by atoms with van der Waals surface area (Å²) >= 11 is 0. The summed E-state index contributed by atoms with van der Waals surface area (Å²) in [5, 5.41) is 2.88. The Bertz CT molecular complexity index is 255. The standard InChI is InChI=1S/C10H16N2O2/c1-2-9(13)11-8-5-12(6-8)10(14)7-3-4-7/h7-8H,2-6H2,1H3,(H,11,13). The Labute approximate surface area is 83.6 Å². The molecule has 1 heterocycles. The van der Waals surface area contributed by atoms with E-state index in [2.05, 4.69) is 5.32 Å². The molecule has 4 nitrogen and oxygen atoms in total. The van der Waals surface area contributed by atoms with Gasteiger partial charge in [0.2, 0.25) is 11.8 Å². The highest BCUT2D eigenvalue weighted by molar-refractivity contribution is 5.82. The van der Waals surface area contributed by atoms with Gasteiger partial charge < -0.3 is 10.2 Å². The maximum atomic E-state index is 11.5. The molecular weight excluding hydrogens is 180 g/mol. The molecular formula is C10H16N2O2. The fourth-order valence-electron chi connectivity index (χ4n) is 1.67. The molecule has 0 aromatic rings. The third kappa shape index (κ3) is 1.89. The molecule has 1 aliphatic heterocycles. The third-order valence-corrected chi connectivity index (χ3v) is 2.81. The Morgan fingerprint density at radius 1 is 1.36 bits per heavy atom. The summed E-state index contributed by atoms with van der Waals surface area (Å²) in [5.74, 6) is 0.665. The lowest BCUT2D eigenvalue weighted by molar-refractivity contribution is -0.139. The molecule has 0 bridgehead atoms. The van der Waals surface area contributed by atoms with E-state index in [0.717, 1.165) is 12.8 Å². The van der Waals surface area contributed by atoms with Crippen molar-refractivity contribution in [2.24, 2.45) is 5.92 Å². The van der Waals surface area contributed by atoms with Crippen molar-refractivity contribution < 1.29 is 9.59 Å². The first-order valence-electron chi connectivity index (χ1n) is 5.29. The second-order valence-corrected chi connectivity index (χ2v) is 4.14. The van der Waals surface area contributed by atoms with Crippen LogP contribution in [0.3, 0.4) is 0 Å². The highest BCUT2D eigenvalue weighted by Gasteiger charge is 2.39. The highest BCUT2D eigenvalue weighted by atomic mass is 16.2. The minimum Gasteiger partial charge on any atom is -0.350 e. The number of nitrogens with one attached hydrogen (secondary N) is 1. The quantitative estimate of drug-likeness (QED) is 0.697. The SMILES string of the molecule is CCC(=O)NC1CN(C(=O)C2CC2)C1. The number of carbonyl (C=O) groups excluding carboxylic acids is 2. The van der Waals surface area contributed by atoms with Gasteiger partial charge in [0.15, 0.2) is 0 Å². The van der Waals surface area contributed by atoms with E-state index in [4.69, 9.17) is 0 Å². The van der Waals surface area contributed by atoms with E-state index in [1.54, 1.807) is 0 Å². The normalized spacial score (nSPS) is 21.6. The molecule has 1 saturated heterocycles. The van der Waals surface area contributed by atoms with Gasteiger partial charge in [-0.3, -0.25) is 9.59 Å². The summed E-state index contributed by atoms with van der Waals surface area (Å²) in [4.78, 5) is 24.4. The molecule has 4 heteroatoms. The second-order valence-electron chi connectivity index (χ2n) is 4.14. The summed E-state index contributed by atoms with van der Waals surface area (Å²) in [5.41, 5.74) is 0. The Kier molecular flexibility index (Phi) is 2.44. The summed E-state index contributed by atoms with van der Waals surface area (Å²) in [7, 11) is 0. The van der Waals surface area contributed by atoms with E-state index in [0.29, 0.717) is 25.4 Å². The lowest BCUT2D eigenvalue weighted by atomic mass is 10.1. The average Bonchev–Trinajstić information content (AvgIpc) is 2.91. The molecule has 1 N–H and O–H groups in total. The zero-order valence-corrected chi connectivity index (χ0v) is 8.45. The zero-order chi connectivity index (χ0) is 10.1. The highest BCUT2D eigenvalue weighted by Crippen LogP contribution is 2.32. The van der Waals surface area contributed by atoms with Crippen LogP contribution in [0.2, 0.25) is 0 Å². The molecule has 78 valence electrons. The molecule has 0 aromatic carbocycles. The Morgan fingerprint density at radius 2 is 2.00 bits per heavy atom. The predicted octanol–water partition coefficient (Wildman–Crippen LogP) is 0.133. The first kappa shape index (κ1) is 9.49. The van der Waals surface area contributed by atoms with E-state index in [1.165, 1.54) is 0 Å². The lowest BCUT2D eigenvalue weighted by Gasteiger charge is -2.39. The maximum absolute atomic E-state index is 11.5. The number of rotatable bonds is 3. The number of nitrogens with zero attached hydrogens (tertiary/aromatic N) is 1. The molecule has 2 amide bonds. The van der Waals surface area contributed by atoms with Crippen LogP contribution in [0.4, 0.5) is 0 Å². The number of hydrogen-bond acceptors (Lipinski definition) is 2. The number of carbonyl (C=O) groups is 2. The molecule has 2 fully saturated rings. The second kappa shape index (κ2) is 3.59. The molecule has 0 atom stereocenters. The molecule has 14 heavy (non-hydrogen) atoms. The van der Waals surface area contributed by atoms with Gasteiger partial charge in [0.1, 0.15) is 0 Å². The van der Waals surface area contributed by atoms with Crippen LogP contribution in [0, 0.1) is 5.92 Å². The summed E-state index contributed by atoms with van der Waals surface area (Å²) in [6.07, 6.45) is 2.63. The largest absolute Gasteiger partial charge is 0.350 e. The molecule has 1 saturated carbocycles. The van der Waals surface area contributed by atoms with E-state index in [9.17, 15) is 9.59 Å². The average molecular weight is 196 g/mol. The van der Waals surface area contributed by atoms with Crippen LogP contribution in [0.5, 0.6) is 0 Å². The Hall–Kier alpha value is -1.06. The fourth-order valence-corrected chi connectivity index (χ4v) is 1.67. The van der Waals surface area contributed by atoms with Crippen LogP contribution in [0.25, 0.3) is 0 Å². The number of likely N-dealkylation sites (tertiary alicyclic amines) is 1. The smallest absolute Gasteiger partial charge is 0.225 e. The van der Waals surface area contributed by atoms with Gasteiger partial charge in [-0.15, -0.1) is 0 Å². The maximum Gasteiger partial charge on any atom is 0.225 e. The van der Waals surface area contributed by atoms with Gasteiger partial charge in [0.25, 0.3) is 0 Å². The summed E-state index contributed by atoms with van der Waals surface area (Å²) < 4.78 is 0. The van der Waals surface area contributed by atoms with Crippen LogP contribution in [0.1, 0.15) is 26.2 Å². The van der Waals surface area contributed by atoms with Crippen molar-refractivity contribution in [3.63, 3.8) is 0 Å². The van der Waals surface area contributed by atoms with E-state index in [-0.39, 0.29) is 17.9 Å². The van der Waals surface area contributed by atoms with Crippen LogP contribution in [-0.4, -0.2) is 35.8 Å². The van der Waals surface area contributed by atoms with E-state index < -0.39 is 0 Å². The van der Waals surface area contributed by atoms with Crippen LogP contribution in [0.15, 0.2) is 0 Å². The number of amides is 2. The molecule has 0 unspecified atom stereocenters.